The average Bonchev–Trinajstić information content (AvgIpc) is 3.01. The first-order valence-corrected chi connectivity index (χ1v) is 7.11. The van der Waals surface area contributed by atoms with Crippen LogP contribution in [-0.4, -0.2) is 20.1 Å². The van der Waals surface area contributed by atoms with Gasteiger partial charge in [0.25, 0.3) is 11.4 Å². The number of aromatic nitrogens is 4. The second kappa shape index (κ2) is 5.17. The lowest BCUT2D eigenvalue weighted by Gasteiger charge is -2.06. The molecule has 0 saturated carbocycles. The molecule has 112 valence electrons. The van der Waals surface area contributed by atoms with Gasteiger partial charge in [-0.25, -0.2) is 4.98 Å². The first kappa shape index (κ1) is 13.4. The number of para-hydroxylation sites is 1. The molecule has 0 atom stereocenters. The number of hydrogen-bond acceptors (Lipinski definition) is 5. The SMILES string of the molecule is Cc1noc(-c2ccccc2-c2nc3ccccc3c(=O)[nH]2)n1. The normalized spacial score (nSPS) is 11.0. The van der Waals surface area contributed by atoms with Crippen LogP contribution in [0.3, 0.4) is 0 Å². The summed E-state index contributed by atoms with van der Waals surface area (Å²) in [6.07, 6.45) is 0. The molecule has 6 heteroatoms. The van der Waals surface area contributed by atoms with Crippen molar-refractivity contribution in [3.05, 3.63) is 64.7 Å². The molecule has 2 aromatic carbocycles. The zero-order valence-corrected chi connectivity index (χ0v) is 12.3. The van der Waals surface area contributed by atoms with E-state index in [-0.39, 0.29) is 5.56 Å². The number of hydrogen-bond donors (Lipinski definition) is 1. The van der Waals surface area contributed by atoms with Gasteiger partial charge < -0.3 is 9.51 Å². The second-order valence-corrected chi connectivity index (χ2v) is 5.12. The molecule has 0 radical (unpaired) electrons. The molecule has 0 aliphatic rings. The second-order valence-electron chi connectivity index (χ2n) is 5.12. The Morgan fingerprint density at radius 1 is 0.957 bits per heavy atom. The van der Waals surface area contributed by atoms with E-state index >= 15 is 0 Å². The van der Waals surface area contributed by atoms with Crippen LogP contribution in [0, 0.1) is 6.92 Å². The number of aryl methyl sites for hydroxylation is 1. The van der Waals surface area contributed by atoms with Crippen molar-refractivity contribution in [2.45, 2.75) is 6.92 Å². The Balaban J connectivity index is 1.97. The summed E-state index contributed by atoms with van der Waals surface area (Å²) in [7, 11) is 0. The van der Waals surface area contributed by atoms with Gasteiger partial charge in [-0.05, 0) is 25.1 Å². The lowest BCUT2D eigenvalue weighted by atomic mass is 10.1. The fourth-order valence-corrected chi connectivity index (χ4v) is 2.50. The molecule has 4 aromatic rings. The maximum atomic E-state index is 12.3. The average molecular weight is 304 g/mol. The molecule has 2 heterocycles. The predicted molar refractivity (Wildman–Crippen MR) is 85.8 cm³/mol. The van der Waals surface area contributed by atoms with Crippen LogP contribution in [0.15, 0.2) is 57.8 Å². The van der Waals surface area contributed by atoms with Crippen LogP contribution in [0.4, 0.5) is 0 Å². The number of nitrogens with one attached hydrogen (secondary N) is 1. The third-order valence-corrected chi connectivity index (χ3v) is 3.55. The smallest absolute Gasteiger partial charge is 0.259 e. The van der Waals surface area contributed by atoms with E-state index in [1.807, 2.05) is 42.5 Å². The van der Waals surface area contributed by atoms with Gasteiger partial charge in [-0.2, -0.15) is 4.98 Å². The minimum Gasteiger partial charge on any atom is -0.334 e. The fraction of sp³-hybridized carbons (Fsp3) is 0.0588. The molecule has 0 amide bonds. The highest BCUT2D eigenvalue weighted by Gasteiger charge is 2.15. The number of nitrogens with zero attached hydrogens (tertiary/aromatic N) is 3. The number of H-pyrrole nitrogens is 1. The molecule has 23 heavy (non-hydrogen) atoms. The van der Waals surface area contributed by atoms with E-state index in [0.29, 0.717) is 28.4 Å². The summed E-state index contributed by atoms with van der Waals surface area (Å²) in [5, 5.41) is 4.37. The molecular formula is C17H12N4O2. The largest absolute Gasteiger partial charge is 0.334 e. The summed E-state index contributed by atoms with van der Waals surface area (Å²) in [6, 6.07) is 14.7. The molecule has 0 aliphatic carbocycles. The number of rotatable bonds is 2. The Labute approximate surface area is 130 Å². The highest BCUT2D eigenvalue weighted by Crippen LogP contribution is 2.28. The predicted octanol–water partition coefficient (Wildman–Crippen LogP) is 2.95. The zero-order valence-electron chi connectivity index (χ0n) is 12.3. The maximum absolute atomic E-state index is 12.3. The molecule has 1 N–H and O–H groups in total. The van der Waals surface area contributed by atoms with Crippen molar-refractivity contribution in [1.29, 1.82) is 0 Å². The van der Waals surface area contributed by atoms with E-state index in [9.17, 15) is 4.79 Å². The number of aromatic amines is 1. The molecule has 0 saturated heterocycles. The molecule has 6 nitrogen and oxygen atoms in total. The van der Waals surface area contributed by atoms with Gasteiger partial charge in [0.1, 0.15) is 5.82 Å². The van der Waals surface area contributed by atoms with Crippen LogP contribution in [0.25, 0.3) is 33.7 Å². The van der Waals surface area contributed by atoms with Crippen molar-refractivity contribution in [1.82, 2.24) is 20.1 Å². The van der Waals surface area contributed by atoms with Crippen molar-refractivity contribution in [2.24, 2.45) is 0 Å². The molecule has 0 spiro atoms. The van der Waals surface area contributed by atoms with E-state index in [0.717, 1.165) is 11.1 Å². The monoisotopic (exact) mass is 304 g/mol. The van der Waals surface area contributed by atoms with Crippen molar-refractivity contribution in [3.63, 3.8) is 0 Å². The van der Waals surface area contributed by atoms with E-state index in [2.05, 4.69) is 20.1 Å². The zero-order chi connectivity index (χ0) is 15.8. The van der Waals surface area contributed by atoms with Crippen LogP contribution in [0.2, 0.25) is 0 Å². The van der Waals surface area contributed by atoms with Crippen LogP contribution in [-0.2, 0) is 0 Å². The van der Waals surface area contributed by atoms with Crippen LogP contribution < -0.4 is 5.56 Å². The third kappa shape index (κ3) is 2.30. The quantitative estimate of drug-likeness (QED) is 0.615. The Morgan fingerprint density at radius 2 is 1.70 bits per heavy atom. The van der Waals surface area contributed by atoms with Gasteiger partial charge in [-0.15, -0.1) is 0 Å². The topological polar surface area (TPSA) is 84.7 Å². The minimum absolute atomic E-state index is 0.179. The summed E-state index contributed by atoms with van der Waals surface area (Å²) in [5.41, 5.74) is 1.93. The van der Waals surface area contributed by atoms with Gasteiger partial charge in [0.2, 0.25) is 0 Å². The van der Waals surface area contributed by atoms with Gasteiger partial charge in [-0.3, -0.25) is 4.79 Å². The standard InChI is InChI=1S/C17H12N4O2/c1-10-18-17(23-21-10)12-7-3-2-6-11(12)15-19-14-9-5-4-8-13(14)16(22)20-15/h2-9H,1H3,(H,19,20,22). The number of fused-ring (bicyclic) bond motifs is 1. The summed E-state index contributed by atoms with van der Waals surface area (Å²) < 4.78 is 5.25. The lowest BCUT2D eigenvalue weighted by Crippen LogP contribution is -2.09. The van der Waals surface area contributed by atoms with Crippen molar-refractivity contribution < 1.29 is 4.52 Å². The van der Waals surface area contributed by atoms with Gasteiger partial charge in [0.05, 0.1) is 16.5 Å². The van der Waals surface area contributed by atoms with E-state index in [1.165, 1.54) is 0 Å². The Hall–Kier alpha value is -3.28. The van der Waals surface area contributed by atoms with Gasteiger partial charge in [0, 0.05) is 5.56 Å². The van der Waals surface area contributed by atoms with Crippen LogP contribution >= 0.6 is 0 Å². The van der Waals surface area contributed by atoms with Gasteiger partial charge in [0.15, 0.2) is 5.82 Å². The first-order chi connectivity index (χ1) is 11.2. The fourth-order valence-electron chi connectivity index (χ4n) is 2.50. The molecule has 0 fully saturated rings. The highest BCUT2D eigenvalue weighted by atomic mass is 16.5. The summed E-state index contributed by atoms with van der Waals surface area (Å²) in [6.45, 7) is 1.76. The maximum Gasteiger partial charge on any atom is 0.259 e. The highest BCUT2D eigenvalue weighted by molar-refractivity contribution is 5.82. The molecule has 0 aliphatic heterocycles. The summed E-state index contributed by atoms with van der Waals surface area (Å²) in [5.74, 6) is 1.42. The first-order valence-electron chi connectivity index (χ1n) is 7.11. The van der Waals surface area contributed by atoms with Crippen LogP contribution in [0.1, 0.15) is 5.82 Å². The lowest BCUT2D eigenvalue weighted by molar-refractivity contribution is 0.425. The van der Waals surface area contributed by atoms with Gasteiger partial charge in [-0.1, -0.05) is 35.5 Å². The Kier molecular flexibility index (Phi) is 3.01. The van der Waals surface area contributed by atoms with Crippen molar-refractivity contribution in [3.8, 4) is 22.8 Å². The molecular weight excluding hydrogens is 292 g/mol. The molecule has 4 rings (SSSR count). The summed E-state index contributed by atoms with van der Waals surface area (Å²) >= 11 is 0. The summed E-state index contributed by atoms with van der Waals surface area (Å²) in [4.78, 5) is 23.9. The number of benzene rings is 2. The molecule has 2 aromatic heterocycles. The van der Waals surface area contributed by atoms with Crippen LogP contribution in [0.5, 0.6) is 0 Å². The van der Waals surface area contributed by atoms with Crippen molar-refractivity contribution in [2.75, 3.05) is 0 Å². The minimum atomic E-state index is -0.179. The van der Waals surface area contributed by atoms with E-state index in [4.69, 9.17) is 4.52 Å². The van der Waals surface area contributed by atoms with Gasteiger partial charge >= 0.3 is 0 Å². The van der Waals surface area contributed by atoms with E-state index in [1.54, 1.807) is 13.0 Å². The van der Waals surface area contributed by atoms with Crippen molar-refractivity contribution >= 4 is 10.9 Å². The molecule has 0 bridgehead atoms. The third-order valence-electron chi connectivity index (χ3n) is 3.55. The van der Waals surface area contributed by atoms with E-state index < -0.39 is 0 Å². The molecule has 0 unspecified atom stereocenters. The Bertz CT molecular complexity index is 1070. The Morgan fingerprint density at radius 3 is 2.48 bits per heavy atom.